The molecule has 0 bridgehead atoms. The van der Waals surface area contributed by atoms with Gasteiger partial charge in [-0.3, -0.25) is 4.79 Å². The van der Waals surface area contributed by atoms with E-state index in [0.29, 0.717) is 12.8 Å². The Bertz CT molecular complexity index is 871. The van der Waals surface area contributed by atoms with Crippen LogP contribution in [0.3, 0.4) is 0 Å². The Morgan fingerprint density at radius 1 is 0.333 bits per heavy atom. The summed E-state index contributed by atoms with van der Waals surface area (Å²) in [5, 5.41) is 44.0. The van der Waals surface area contributed by atoms with Gasteiger partial charge in [0.05, 0.1) is 18.8 Å². The van der Waals surface area contributed by atoms with E-state index in [2.05, 4.69) is 19.2 Å². The maximum atomic E-state index is 12.6. The Labute approximate surface area is 394 Å². The van der Waals surface area contributed by atoms with Gasteiger partial charge in [0.1, 0.15) is 12.2 Å². The summed E-state index contributed by atoms with van der Waals surface area (Å²) in [6.45, 7) is 4.10. The molecule has 0 fully saturated rings. The molecule has 0 aliphatic carbocycles. The van der Waals surface area contributed by atoms with Crippen LogP contribution in [0.5, 0.6) is 0 Å². The van der Waals surface area contributed by atoms with E-state index in [1.807, 2.05) is 0 Å². The van der Waals surface area contributed by atoms with Crippen LogP contribution in [-0.2, 0) is 4.79 Å². The lowest BCUT2D eigenvalue weighted by Gasteiger charge is -2.27. The summed E-state index contributed by atoms with van der Waals surface area (Å²) >= 11 is 0. The molecule has 378 valence electrons. The highest BCUT2D eigenvalue weighted by Gasteiger charge is 2.28. The molecular formula is C57H115NO5. The largest absolute Gasteiger partial charge is 0.394 e. The molecule has 0 aromatic carbocycles. The quantitative estimate of drug-likeness (QED) is 0.0391. The predicted molar refractivity (Wildman–Crippen MR) is 275 cm³/mol. The van der Waals surface area contributed by atoms with Crippen LogP contribution in [0.4, 0.5) is 0 Å². The van der Waals surface area contributed by atoms with Crippen molar-refractivity contribution in [2.24, 2.45) is 0 Å². The summed E-state index contributed by atoms with van der Waals surface area (Å²) in [4.78, 5) is 12.6. The van der Waals surface area contributed by atoms with Crippen molar-refractivity contribution in [3.63, 3.8) is 0 Å². The van der Waals surface area contributed by atoms with Crippen molar-refractivity contribution in [2.75, 3.05) is 6.61 Å². The van der Waals surface area contributed by atoms with Crippen molar-refractivity contribution in [1.82, 2.24) is 5.32 Å². The number of carbonyl (C=O) groups excluding carboxylic acids is 1. The summed E-state index contributed by atoms with van der Waals surface area (Å²) in [5.41, 5.74) is 0. The number of hydrogen-bond acceptors (Lipinski definition) is 5. The molecule has 0 rings (SSSR count). The van der Waals surface area contributed by atoms with Gasteiger partial charge in [0.15, 0.2) is 0 Å². The molecule has 0 heterocycles. The molecular weight excluding hydrogens is 779 g/mol. The van der Waals surface area contributed by atoms with E-state index in [9.17, 15) is 25.2 Å². The fraction of sp³-hybridized carbons (Fsp3) is 0.982. The fourth-order valence-electron chi connectivity index (χ4n) is 9.53. The van der Waals surface area contributed by atoms with Gasteiger partial charge in [-0.05, 0) is 12.8 Å². The monoisotopic (exact) mass is 894 g/mol. The second-order valence-electron chi connectivity index (χ2n) is 20.4. The van der Waals surface area contributed by atoms with Gasteiger partial charge < -0.3 is 25.7 Å². The number of amides is 1. The molecule has 6 nitrogen and oxygen atoms in total. The molecule has 5 N–H and O–H groups in total. The van der Waals surface area contributed by atoms with Gasteiger partial charge in [-0.25, -0.2) is 0 Å². The van der Waals surface area contributed by atoms with E-state index in [4.69, 9.17) is 0 Å². The third-order valence-corrected chi connectivity index (χ3v) is 14.1. The molecule has 0 spiro atoms. The van der Waals surface area contributed by atoms with Crippen LogP contribution >= 0.6 is 0 Å². The minimum Gasteiger partial charge on any atom is -0.394 e. The van der Waals surface area contributed by atoms with Gasteiger partial charge in [-0.15, -0.1) is 0 Å². The second-order valence-corrected chi connectivity index (χ2v) is 20.4. The molecule has 6 heteroatoms. The summed E-state index contributed by atoms with van der Waals surface area (Å²) in [5.74, 6) is -0.576. The first-order chi connectivity index (χ1) is 31.0. The van der Waals surface area contributed by atoms with Gasteiger partial charge in [0.2, 0.25) is 5.91 Å². The zero-order valence-corrected chi connectivity index (χ0v) is 42.9. The molecule has 0 aliphatic heterocycles. The van der Waals surface area contributed by atoms with Crippen molar-refractivity contribution in [2.45, 2.75) is 353 Å². The smallest absolute Gasteiger partial charge is 0.249 e. The van der Waals surface area contributed by atoms with Crippen molar-refractivity contribution in [3.05, 3.63) is 0 Å². The normalized spacial score (nSPS) is 13.7. The first-order valence-corrected chi connectivity index (χ1v) is 28.9. The third kappa shape index (κ3) is 46.2. The van der Waals surface area contributed by atoms with Crippen LogP contribution in [0.25, 0.3) is 0 Å². The average molecular weight is 895 g/mol. The maximum absolute atomic E-state index is 12.6. The van der Waals surface area contributed by atoms with Crippen LogP contribution in [-0.4, -0.2) is 57.3 Å². The minimum absolute atomic E-state index is 0.376. The number of nitrogens with one attached hydrogen (secondary N) is 1. The number of aliphatic hydroxyl groups is 4. The molecule has 0 saturated carbocycles. The molecule has 0 aromatic heterocycles. The van der Waals surface area contributed by atoms with E-state index >= 15 is 0 Å². The van der Waals surface area contributed by atoms with Crippen LogP contribution in [0.15, 0.2) is 0 Å². The fourth-order valence-corrected chi connectivity index (χ4v) is 9.53. The second kappa shape index (κ2) is 52.3. The predicted octanol–water partition coefficient (Wildman–Crippen LogP) is 16.7. The van der Waals surface area contributed by atoms with Crippen molar-refractivity contribution < 1.29 is 25.2 Å². The standard InChI is InChI=1S/C57H115NO5/c1-3-5-7-9-11-13-15-17-19-21-23-24-25-26-27-28-29-30-31-33-34-36-38-40-42-44-46-48-50-54(60)56(62)53(52-59)58-57(63)55(61)51-49-47-45-43-41-39-37-35-32-22-20-18-16-14-12-10-8-6-4-2/h53-56,59-62H,3-52H2,1-2H3,(H,58,63). The molecule has 4 atom stereocenters. The van der Waals surface area contributed by atoms with Gasteiger partial charge in [-0.2, -0.15) is 0 Å². The maximum Gasteiger partial charge on any atom is 0.249 e. The average Bonchev–Trinajstić information content (AvgIpc) is 3.29. The Morgan fingerprint density at radius 3 is 0.762 bits per heavy atom. The van der Waals surface area contributed by atoms with E-state index in [1.165, 1.54) is 263 Å². The zero-order valence-electron chi connectivity index (χ0n) is 42.9. The van der Waals surface area contributed by atoms with E-state index in [-0.39, 0.29) is 0 Å². The number of unbranched alkanes of at least 4 members (excludes halogenated alkanes) is 45. The van der Waals surface area contributed by atoms with Crippen LogP contribution in [0, 0.1) is 0 Å². The lowest BCUT2D eigenvalue weighted by molar-refractivity contribution is -0.132. The molecule has 4 unspecified atom stereocenters. The molecule has 0 radical (unpaired) electrons. The molecule has 0 aliphatic rings. The Morgan fingerprint density at radius 2 is 0.540 bits per heavy atom. The molecule has 0 saturated heterocycles. The molecule has 1 amide bonds. The highest BCUT2D eigenvalue weighted by Crippen LogP contribution is 2.19. The van der Waals surface area contributed by atoms with Crippen molar-refractivity contribution in [1.29, 1.82) is 0 Å². The summed E-state index contributed by atoms with van der Waals surface area (Å²) < 4.78 is 0. The number of aliphatic hydroxyl groups excluding tert-OH is 4. The first kappa shape index (κ1) is 62.3. The Kier molecular flexibility index (Phi) is 51.7. The third-order valence-electron chi connectivity index (χ3n) is 14.1. The van der Waals surface area contributed by atoms with Gasteiger partial charge in [0, 0.05) is 0 Å². The van der Waals surface area contributed by atoms with Gasteiger partial charge in [-0.1, -0.05) is 316 Å². The van der Waals surface area contributed by atoms with Crippen LogP contribution in [0.1, 0.15) is 328 Å². The van der Waals surface area contributed by atoms with E-state index in [0.717, 1.165) is 38.5 Å². The van der Waals surface area contributed by atoms with E-state index < -0.39 is 36.9 Å². The lowest BCUT2D eigenvalue weighted by atomic mass is 9.99. The van der Waals surface area contributed by atoms with Gasteiger partial charge >= 0.3 is 0 Å². The molecule has 63 heavy (non-hydrogen) atoms. The number of carbonyl (C=O) groups is 1. The van der Waals surface area contributed by atoms with Crippen molar-refractivity contribution >= 4 is 5.91 Å². The Balaban J connectivity index is 3.56. The lowest BCUT2D eigenvalue weighted by Crippen LogP contribution is -2.53. The number of hydrogen-bond donors (Lipinski definition) is 5. The Hall–Kier alpha value is -0.690. The summed E-state index contributed by atoms with van der Waals surface area (Å²) in [6.07, 6.45) is 60.3. The number of rotatable bonds is 54. The minimum atomic E-state index is -1.25. The highest BCUT2D eigenvalue weighted by atomic mass is 16.3. The van der Waals surface area contributed by atoms with Crippen molar-refractivity contribution in [3.8, 4) is 0 Å². The van der Waals surface area contributed by atoms with Crippen LogP contribution in [0.2, 0.25) is 0 Å². The zero-order chi connectivity index (χ0) is 45.9. The summed E-state index contributed by atoms with van der Waals surface area (Å²) in [6, 6.07) is -0.981. The van der Waals surface area contributed by atoms with Gasteiger partial charge in [0.25, 0.3) is 0 Å². The SMILES string of the molecule is CCCCCCCCCCCCCCCCCCCCCCCCCCCCCCC(O)C(O)C(CO)NC(=O)C(O)CCCCCCCCCCCCCCCCCCCCC. The summed E-state index contributed by atoms with van der Waals surface area (Å²) in [7, 11) is 0. The van der Waals surface area contributed by atoms with Crippen LogP contribution < -0.4 is 5.32 Å². The topological polar surface area (TPSA) is 110 Å². The van der Waals surface area contributed by atoms with E-state index in [1.54, 1.807) is 0 Å². The molecule has 0 aromatic rings. The highest BCUT2D eigenvalue weighted by molar-refractivity contribution is 5.80. The first-order valence-electron chi connectivity index (χ1n) is 28.9.